The van der Waals surface area contributed by atoms with Crippen LogP contribution in [0, 0.1) is 0 Å². The Hall–Kier alpha value is -3.42. The Labute approximate surface area is 198 Å². The van der Waals surface area contributed by atoms with E-state index in [0.29, 0.717) is 29.5 Å². The van der Waals surface area contributed by atoms with Gasteiger partial charge in [0.2, 0.25) is 0 Å². The van der Waals surface area contributed by atoms with E-state index in [1.54, 1.807) is 18.3 Å². The predicted molar refractivity (Wildman–Crippen MR) is 134 cm³/mol. The maximum atomic E-state index is 12.9. The highest BCUT2D eigenvalue weighted by atomic mass is 35.5. The second-order valence-corrected chi connectivity index (χ2v) is 8.00. The van der Waals surface area contributed by atoms with Gasteiger partial charge < -0.3 is 24.6 Å². The zero-order valence-corrected chi connectivity index (χ0v) is 19.5. The molecule has 0 unspecified atom stereocenters. The van der Waals surface area contributed by atoms with Crippen molar-refractivity contribution in [2.45, 2.75) is 0 Å². The standard InChI is InChI=1S/C24H25ClN4O2.CH2O/c1-28(2)20-6-3-17(4-7-20)21-16-19(5-8-22(21)25)27-24(30)18-9-10-26-23(15-18)29-11-13-31-14-12-29;1-2/h3-10,15-16H,11-14H2,1-2H3,(H,27,30);1H2. The lowest BCUT2D eigenvalue weighted by molar-refractivity contribution is -0.0980. The number of hydrogen-bond donors (Lipinski definition) is 1. The topological polar surface area (TPSA) is 74.8 Å². The molecule has 3 aromatic rings. The molecule has 8 heteroatoms. The van der Waals surface area contributed by atoms with E-state index in [2.05, 4.69) is 15.2 Å². The average molecular weight is 467 g/mol. The molecule has 1 aliphatic heterocycles. The van der Waals surface area contributed by atoms with Crippen molar-refractivity contribution in [3.8, 4) is 11.1 Å². The van der Waals surface area contributed by atoms with Gasteiger partial charge in [0.25, 0.3) is 5.91 Å². The maximum absolute atomic E-state index is 12.9. The molecule has 1 saturated heterocycles. The monoisotopic (exact) mass is 466 g/mol. The zero-order valence-electron chi connectivity index (χ0n) is 18.8. The van der Waals surface area contributed by atoms with Crippen LogP contribution in [0.4, 0.5) is 17.2 Å². The predicted octanol–water partition coefficient (Wildman–Crippen LogP) is 4.37. The summed E-state index contributed by atoms with van der Waals surface area (Å²) in [4.78, 5) is 29.5. The summed E-state index contributed by atoms with van der Waals surface area (Å²) in [7, 11) is 4.00. The Morgan fingerprint density at radius 1 is 1.06 bits per heavy atom. The number of carbonyl (C=O) groups is 2. The summed E-state index contributed by atoms with van der Waals surface area (Å²) < 4.78 is 5.39. The van der Waals surface area contributed by atoms with E-state index < -0.39 is 0 Å². The average Bonchev–Trinajstić information content (AvgIpc) is 2.87. The van der Waals surface area contributed by atoms with Gasteiger partial charge in [0, 0.05) is 60.9 Å². The van der Waals surface area contributed by atoms with Crippen LogP contribution >= 0.6 is 11.6 Å². The van der Waals surface area contributed by atoms with Gasteiger partial charge >= 0.3 is 0 Å². The van der Waals surface area contributed by atoms with Gasteiger partial charge in [-0.2, -0.15) is 0 Å². The molecule has 1 amide bonds. The molecule has 7 nitrogen and oxygen atoms in total. The number of ether oxygens (including phenoxy) is 1. The van der Waals surface area contributed by atoms with Gasteiger partial charge in [-0.05, 0) is 48.0 Å². The molecule has 1 aromatic heterocycles. The van der Waals surface area contributed by atoms with Crippen LogP contribution in [0.5, 0.6) is 0 Å². The van der Waals surface area contributed by atoms with Gasteiger partial charge in [0.15, 0.2) is 0 Å². The number of halogens is 1. The van der Waals surface area contributed by atoms with E-state index in [1.165, 1.54) is 0 Å². The highest BCUT2D eigenvalue weighted by Gasteiger charge is 2.15. The molecule has 0 aliphatic carbocycles. The quantitative estimate of drug-likeness (QED) is 0.601. The first kappa shape index (κ1) is 24.2. The fourth-order valence-corrected chi connectivity index (χ4v) is 3.72. The third kappa shape index (κ3) is 6.09. The molecule has 0 radical (unpaired) electrons. The highest BCUT2D eigenvalue weighted by molar-refractivity contribution is 6.33. The molecule has 2 aromatic carbocycles. The summed E-state index contributed by atoms with van der Waals surface area (Å²) in [6, 6.07) is 17.2. The van der Waals surface area contributed by atoms with Gasteiger partial charge in [-0.15, -0.1) is 0 Å². The fraction of sp³-hybridized carbons (Fsp3) is 0.240. The van der Waals surface area contributed by atoms with E-state index in [1.807, 2.05) is 68.2 Å². The Morgan fingerprint density at radius 2 is 1.76 bits per heavy atom. The molecule has 1 fully saturated rings. The first-order valence-electron chi connectivity index (χ1n) is 10.5. The molecule has 1 aliphatic rings. The van der Waals surface area contributed by atoms with Crippen LogP contribution in [0.3, 0.4) is 0 Å². The summed E-state index contributed by atoms with van der Waals surface area (Å²) in [6.07, 6.45) is 1.67. The third-order valence-electron chi connectivity index (χ3n) is 5.26. The number of anilines is 3. The number of rotatable bonds is 5. The molecule has 0 bridgehead atoms. The minimum atomic E-state index is -0.187. The summed E-state index contributed by atoms with van der Waals surface area (Å²) in [5, 5.41) is 3.61. The van der Waals surface area contributed by atoms with Crippen molar-refractivity contribution in [3.63, 3.8) is 0 Å². The Morgan fingerprint density at radius 3 is 2.42 bits per heavy atom. The molecular formula is C25H27ClN4O3. The van der Waals surface area contributed by atoms with Gasteiger partial charge in [0.05, 0.1) is 13.2 Å². The number of pyridine rings is 1. The van der Waals surface area contributed by atoms with Crippen LogP contribution in [0.2, 0.25) is 5.02 Å². The molecule has 33 heavy (non-hydrogen) atoms. The first-order chi connectivity index (χ1) is 16.0. The summed E-state index contributed by atoms with van der Waals surface area (Å²) in [6.45, 7) is 4.87. The fourth-order valence-electron chi connectivity index (χ4n) is 3.49. The minimum absolute atomic E-state index is 0.187. The van der Waals surface area contributed by atoms with Crippen molar-refractivity contribution < 1.29 is 14.3 Å². The van der Waals surface area contributed by atoms with Crippen LogP contribution in [0.25, 0.3) is 11.1 Å². The molecule has 0 saturated carbocycles. The van der Waals surface area contributed by atoms with E-state index in [-0.39, 0.29) is 5.91 Å². The lowest BCUT2D eigenvalue weighted by atomic mass is 10.0. The number of aromatic nitrogens is 1. The lowest BCUT2D eigenvalue weighted by Gasteiger charge is -2.27. The summed E-state index contributed by atoms with van der Waals surface area (Å²) >= 11 is 6.45. The van der Waals surface area contributed by atoms with E-state index >= 15 is 0 Å². The Bertz CT molecular complexity index is 1080. The Kier molecular flexibility index (Phi) is 8.40. The molecular weight excluding hydrogens is 440 g/mol. The second kappa shape index (κ2) is 11.4. The van der Waals surface area contributed by atoms with Crippen LogP contribution in [0.1, 0.15) is 10.4 Å². The van der Waals surface area contributed by atoms with Gasteiger partial charge in [-0.25, -0.2) is 4.98 Å². The van der Waals surface area contributed by atoms with Crippen LogP contribution in [-0.2, 0) is 9.53 Å². The highest BCUT2D eigenvalue weighted by Crippen LogP contribution is 2.32. The van der Waals surface area contributed by atoms with Crippen molar-refractivity contribution in [1.82, 2.24) is 4.98 Å². The molecule has 0 spiro atoms. The minimum Gasteiger partial charge on any atom is -0.378 e. The molecule has 1 N–H and O–H groups in total. The molecule has 172 valence electrons. The SMILES string of the molecule is C=O.CN(C)c1ccc(-c2cc(NC(=O)c3ccnc(N4CCOCC4)c3)ccc2Cl)cc1. The van der Waals surface area contributed by atoms with E-state index in [9.17, 15) is 4.79 Å². The lowest BCUT2D eigenvalue weighted by Crippen LogP contribution is -2.36. The van der Waals surface area contributed by atoms with Crippen LogP contribution < -0.4 is 15.1 Å². The molecule has 0 atom stereocenters. The zero-order chi connectivity index (χ0) is 23.8. The second-order valence-electron chi connectivity index (χ2n) is 7.59. The summed E-state index contributed by atoms with van der Waals surface area (Å²) in [5.74, 6) is 0.599. The number of carbonyl (C=O) groups excluding carboxylic acids is 2. The first-order valence-corrected chi connectivity index (χ1v) is 10.9. The number of nitrogens with zero attached hydrogens (tertiary/aromatic N) is 3. The summed E-state index contributed by atoms with van der Waals surface area (Å²) in [5.41, 5.74) is 4.21. The molecule has 2 heterocycles. The number of benzene rings is 2. The van der Waals surface area contributed by atoms with Crippen molar-refractivity contribution in [2.75, 3.05) is 55.5 Å². The van der Waals surface area contributed by atoms with Crippen molar-refractivity contribution >= 4 is 41.5 Å². The van der Waals surface area contributed by atoms with Gasteiger partial charge in [0.1, 0.15) is 12.6 Å². The molecule has 4 rings (SSSR count). The third-order valence-corrected chi connectivity index (χ3v) is 5.59. The van der Waals surface area contributed by atoms with E-state index in [0.717, 1.165) is 35.7 Å². The van der Waals surface area contributed by atoms with Crippen molar-refractivity contribution in [2.24, 2.45) is 0 Å². The normalized spacial score (nSPS) is 13.0. The smallest absolute Gasteiger partial charge is 0.255 e. The Balaban J connectivity index is 0.00000149. The number of amides is 1. The van der Waals surface area contributed by atoms with Crippen LogP contribution in [-0.4, -0.2) is 58.1 Å². The number of hydrogen-bond acceptors (Lipinski definition) is 6. The van der Waals surface area contributed by atoms with Crippen molar-refractivity contribution in [1.29, 1.82) is 0 Å². The number of nitrogens with one attached hydrogen (secondary N) is 1. The van der Waals surface area contributed by atoms with Crippen LogP contribution in [0.15, 0.2) is 60.8 Å². The van der Waals surface area contributed by atoms with Crippen molar-refractivity contribution in [3.05, 3.63) is 71.4 Å². The largest absolute Gasteiger partial charge is 0.378 e. The van der Waals surface area contributed by atoms with E-state index in [4.69, 9.17) is 21.1 Å². The number of morpholine rings is 1. The maximum Gasteiger partial charge on any atom is 0.255 e. The van der Waals surface area contributed by atoms with Gasteiger partial charge in [-0.1, -0.05) is 23.7 Å². The van der Waals surface area contributed by atoms with Gasteiger partial charge in [-0.3, -0.25) is 4.79 Å².